The highest BCUT2D eigenvalue weighted by Gasteiger charge is 2.33. The highest BCUT2D eigenvalue weighted by Crippen LogP contribution is 2.30. The Morgan fingerprint density at radius 2 is 1.96 bits per heavy atom. The molecular weight excluding hydrogens is 384 g/mol. The molecule has 25 heavy (non-hydrogen) atoms. The zero-order chi connectivity index (χ0) is 17.8. The molecule has 0 spiro atoms. The summed E-state index contributed by atoms with van der Waals surface area (Å²) < 4.78 is 12.2. The number of ether oxygens (including phenoxy) is 2. The number of anilines is 1. The van der Waals surface area contributed by atoms with Crippen LogP contribution in [-0.4, -0.2) is 37.2 Å². The van der Waals surface area contributed by atoms with E-state index in [0.717, 1.165) is 10.0 Å². The average molecular weight is 405 g/mol. The second kappa shape index (κ2) is 7.89. The molecule has 0 saturated carbocycles. The number of halogens is 1. The number of rotatable bonds is 3. The summed E-state index contributed by atoms with van der Waals surface area (Å²) in [6.07, 6.45) is -0.148. The molecule has 1 aliphatic heterocycles. The van der Waals surface area contributed by atoms with Crippen LogP contribution in [0.15, 0.2) is 53.0 Å². The largest absolute Gasteiger partial charge is 0.495 e. The predicted octanol–water partition coefficient (Wildman–Crippen LogP) is 4.45. The number of urea groups is 1. The van der Waals surface area contributed by atoms with Crippen LogP contribution in [0.5, 0.6) is 5.75 Å². The van der Waals surface area contributed by atoms with Crippen molar-refractivity contribution in [2.45, 2.75) is 19.1 Å². The van der Waals surface area contributed by atoms with Gasteiger partial charge < -0.3 is 19.7 Å². The van der Waals surface area contributed by atoms with Crippen LogP contribution in [0.2, 0.25) is 0 Å². The summed E-state index contributed by atoms with van der Waals surface area (Å²) >= 11 is 3.44. The molecular formula is C19H21BrN2O3. The topological polar surface area (TPSA) is 50.8 Å². The minimum absolute atomic E-state index is 0.0790. The van der Waals surface area contributed by atoms with E-state index in [1.54, 1.807) is 7.11 Å². The summed E-state index contributed by atoms with van der Waals surface area (Å²) in [5.74, 6) is 0.640. The molecule has 2 unspecified atom stereocenters. The average Bonchev–Trinajstić information content (AvgIpc) is 2.63. The van der Waals surface area contributed by atoms with Crippen LogP contribution in [-0.2, 0) is 4.74 Å². The van der Waals surface area contributed by atoms with Crippen LogP contribution in [0.25, 0.3) is 0 Å². The highest BCUT2D eigenvalue weighted by atomic mass is 79.9. The van der Waals surface area contributed by atoms with Gasteiger partial charge in [0, 0.05) is 11.0 Å². The first-order valence-corrected chi connectivity index (χ1v) is 8.97. The Morgan fingerprint density at radius 1 is 1.24 bits per heavy atom. The normalized spacial score (nSPS) is 20.2. The van der Waals surface area contributed by atoms with Crippen molar-refractivity contribution in [2.24, 2.45) is 0 Å². The van der Waals surface area contributed by atoms with Crippen LogP contribution >= 0.6 is 15.9 Å². The van der Waals surface area contributed by atoms with E-state index in [2.05, 4.69) is 21.2 Å². The van der Waals surface area contributed by atoms with Gasteiger partial charge in [-0.15, -0.1) is 0 Å². The molecule has 6 heteroatoms. The number of nitrogens with one attached hydrogen (secondary N) is 1. The Kier molecular flexibility index (Phi) is 5.60. The number of morpholine rings is 1. The van der Waals surface area contributed by atoms with Crippen molar-refractivity contribution in [3.63, 3.8) is 0 Å². The third-order valence-electron chi connectivity index (χ3n) is 4.37. The van der Waals surface area contributed by atoms with E-state index in [1.165, 1.54) is 0 Å². The van der Waals surface area contributed by atoms with Crippen molar-refractivity contribution >= 4 is 27.6 Å². The van der Waals surface area contributed by atoms with Crippen molar-refractivity contribution in [1.82, 2.24) is 4.90 Å². The zero-order valence-electron chi connectivity index (χ0n) is 14.2. The van der Waals surface area contributed by atoms with Gasteiger partial charge in [-0.25, -0.2) is 4.79 Å². The first kappa shape index (κ1) is 17.8. The molecule has 0 radical (unpaired) electrons. The Bertz CT molecular complexity index is 736. The van der Waals surface area contributed by atoms with Crippen LogP contribution in [0.1, 0.15) is 18.6 Å². The number of benzene rings is 2. The van der Waals surface area contributed by atoms with E-state index in [0.29, 0.717) is 24.6 Å². The maximum absolute atomic E-state index is 12.8. The fraction of sp³-hybridized carbons (Fsp3) is 0.316. The number of hydrogen-bond acceptors (Lipinski definition) is 3. The molecule has 2 aromatic rings. The van der Waals surface area contributed by atoms with Crippen LogP contribution in [0.3, 0.4) is 0 Å². The van der Waals surface area contributed by atoms with E-state index >= 15 is 0 Å². The quantitative estimate of drug-likeness (QED) is 0.821. The van der Waals surface area contributed by atoms with E-state index in [4.69, 9.17) is 9.47 Å². The number of carbonyl (C=O) groups is 1. The van der Waals surface area contributed by atoms with E-state index in [1.807, 2.05) is 60.4 Å². The van der Waals surface area contributed by atoms with Crippen molar-refractivity contribution < 1.29 is 14.3 Å². The van der Waals surface area contributed by atoms with Crippen molar-refractivity contribution in [3.8, 4) is 5.75 Å². The number of para-hydroxylation sites is 2. The molecule has 1 aliphatic rings. The van der Waals surface area contributed by atoms with Crippen LogP contribution in [0, 0.1) is 0 Å². The Hall–Kier alpha value is -2.05. The molecule has 2 amide bonds. The summed E-state index contributed by atoms with van der Waals surface area (Å²) in [6, 6.07) is 15.2. The molecule has 2 atom stereocenters. The molecule has 1 saturated heterocycles. The van der Waals surface area contributed by atoms with E-state index in [-0.39, 0.29) is 18.2 Å². The van der Waals surface area contributed by atoms with Gasteiger partial charge in [0.1, 0.15) is 11.9 Å². The molecule has 1 N–H and O–H groups in total. The second-order valence-electron chi connectivity index (χ2n) is 5.91. The third kappa shape index (κ3) is 3.96. The number of carbonyl (C=O) groups excluding carboxylic acids is 1. The lowest BCUT2D eigenvalue weighted by Gasteiger charge is -2.39. The molecule has 3 rings (SSSR count). The molecule has 2 aromatic carbocycles. The van der Waals surface area contributed by atoms with Crippen molar-refractivity contribution in [3.05, 3.63) is 58.6 Å². The standard InChI is InChI=1S/C19H21BrN2O3/c1-13-18(14-7-9-15(20)10-8-14)25-12-11-22(13)19(23)21-16-5-3-4-6-17(16)24-2/h3-10,13,18H,11-12H2,1-2H3,(H,21,23). The number of nitrogens with zero attached hydrogens (tertiary/aromatic N) is 1. The lowest BCUT2D eigenvalue weighted by molar-refractivity contribution is -0.0478. The molecule has 0 aliphatic carbocycles. The van der Waals surface area contributed by atoms with E-state index < -0.39 is 0 Å². The SMILES string of the molecule is COc1ccccc1NC(=O)N1CCOC(c2ccc(Br)cc2)C1C. The van der Waals surface area contributed by atoms with Gasteiger partial charge >= 0.3 is 6.03 Å². The minimum atomic E-state index is -0.151. The van der Waals surface area contributed by atoms with Crippen LogP contribution < -0.4 is 10.1 Å². The Morgan fingerprint density at radius 3 is 2.68 bits per heavy atom. The van der Waals surface area contributed by atoms with Gasteiger partial charge in [-0.05, 0) is 36.8 Å². The zero-order valence-corrected chi connectivity index (χ0v) is 15.8. The van der Waals surface area contributed by atoms with E-state index in [9.17, 15) is 4.79 Å². The molecule has 132 valence electrons. The number of methoxy groups -OCH3 is 1. The van der Waals surface area contributed by atoms with Gasteiger partial charge in [0.2, 0.25) is 0 Å². The highest BCUT2D eigenvalue weighted by molar-refractivity contribution is 9.10. The van der Waals surface area contributed by atoms with Gasteiger partial charge in [-0.1, -0.05) is 40.2 Å². The third-order valence-corrected chi connectivity index (χ3v) is 4.90. The number of amides is 2. The Balaban J connectivity index is 1.75. The van der Waals surface area contributed by atoms with Crippen molar-refractivity contribution in [2.75, 3.05) is 25.6 Å². The lowest BCUT2D eigenvalue weighted by atomic mass is 10.0. The molecule has 0 aromatic heterocycles. The van der Waals surface area contributed by atoms with Gasteiger partial charge in [0.05, 0.1) is 25.4 Å². The fourth-order valence-electron chi connectivity index (χ4n) is 3.03. The summed E-state index contributed by atoms with van der Waals surface area (Å²) in [4.78, 5) is 14.6. The summed E-state index contributed by atoms with van der Waals surface area (Å²) in [7, 11) is 1.59. The van der Waals surface area contributed by atoms with Gasteiger partial charge in [0.15, 0.2) is 0 Å². The van der Waals surface area contributed by atoms with Gasteiger partial charge in [-0.3, -0.25) is 0 Å². The number of hydrogen-bond donors (Lipinski definition) is 1. The Labute approximate surface area is 156 Å². The second-order valence-corrected chi connectivity index (χ2v) is 6.82. The molecule has 1 heterocycles. The molecule has 1 fully saturated rings. The van der Waals surface area contributed by atoms with Crippen LogP contribution in [0.4, 0.5) is 10.5 Å². The van der Waals surface area contributed by atoms with Gasteiger partial charge in [-0.2, -0.15) is 0 Å². The maximum atomic E-state index is 12.8. The molecule has 0 bridgehead atoms. The first-order valence-electron chi connectivity index (χ1n) is 8.18. The van der Waals surface area contributed by atoms with Gasteiger partial charge in [0.25, 0.3) is 0 Å². The smallest absolute Gasteiger partial charge is 0.322 e. The lowest BCUT2D eigenvalue weighted by Crippen LogP contribution is -2.50. The molecule has 5 nitrogen and oxygen atoms in total. The summed E-state index contributed by atoms with van der Waals surface area (Å²) in [6.45, 7) is 3.06. The fourth-order valence-corrected chi connectivity index (χ4v) is 3.30. The monoisotopic (exact) mass is 404 g/mol. The predicted molar refractivity (Wildman–Crippen MR) is 101 cm³/mol. The van der Waals surface area contributed by atoms with Crippen molar-refractivity contribution in [1.29, 1.82) is 0 Å². The summed E-state index contributed by atoms with van der Waals surface area (Å²) in [5.41, 5.74) is 1.72. The first-order chi connectivity index (χ1) is 12.1. The minimum Gasteiger partial charge on any atom is -0.495 e. The maximum Gasteiger partial charge on any atom is 0.322 e. The summed E-state index contributed by atoms with van der Waals surface area (Å²) in [5, 5.41) is 2.94.